The first kappa shape index (κ1) is 21.3. The molecule has 0 fully saturated rings. The third-order valence-corrected chi connectivity index (χ3v) is 6.85. The lowest BCUT2D eigenvalue weighted by molar-refractivity contribution is -0.121. The number of sulfonamides is 1. The SMILES string of the molecule is Cc1ccc(S(=O)(=O)N(CC(=O)NCCC2=CCCCC2)Cc2ccco2)cc1. The molecule has 1 aromatic carbocycles. The Morgan fingerprint density at radius 2 is 1.97 bits per heavy atom. The number of hydrogen-bond acceptors (Lipinski definition) is 4. The lowest BCUT2D eigenvalue weighted by atomic mass is 9.97. The number of hydrogen-bond donors (Lipinski definition) is 1. The van der Waals surface area contributed by atoms with Crippen LogP contribution in [-0.4, -0.2) is 31.7 Å². The van der Waals surface area contributed by atoms with Crippen LogP contribution in [0.25, 0.3) is 0 Å². The maximum absolute atomic E-state index is 13.1. The van der Waals surface area contributed by atoms with Gasteiger partial charge in [0.15, 0.2) is 0 Å². The van der Waals surface area contributed by atoms with Gasteiger partial charge in [-0.15, -0.1) is 0 Å². The maximum Gasteiger partial charge on any atom is 0.243 e. The molecule has 0 saturated heterocycles. The number of carbonyl (C=O) groups excluding carboxylic acids is 1. The van der Waals surface area contributed by atoms with E-state index < -0.39 is 10.0 Å². The number of rotatable bonds is 9. The van der Waals surface area contributed by atoms with Crippen LogP contribution in [0.5, 0.6) is 0 Å². The fraction of sp³-hybridized carbons (Fsp3) is 0.409. The highest BCUT2D eigenvalue weighted by Crippen LogP contribution is 2.20. The van der Waals surface area contributed by atoms with Crippen molar-refractivity contribution in [2.24, 2.45) is 0 Å². The highest BCUT2D eigenvalue weighted by molar-refractivity contribution is 7.89. The zero-order valence-electron chi connectivity index (χ0n) is 16.8. The maximum atomic E-state index is 13.1. The number of aryl methyl sites for hydroxylation is 1. The first-order chi connectivity index (χ1) is 13.9. The van der Waals surface area contributed by atoms with Crippen molar-refractivity contribution in [3.63, 3.8) is 0 Å². The topological polar surface area (TPSA) is 79.6 Å². The Balaban J connectivity index is 1.67. The minimum absolute atomic E-state index is 0.00177. The van der Waals surface area contributed by atoms with Crippen LogP contribution in [0.15, 0.2) is 63.6 Å². The lowest BCUT2D eigenvalue weighted by Gasteiger charge is -2.21. The summed E-state index contributed by atoms with van der Waals surface area (Å²) >= 11 is 0. The zero-order valence-corrected chi connectivity index (χ0v) is 17.6. The standard InChI is InChI=1S/C22H28N2O4S/c1-18-9-11-21(12-10-18)29(26,27)24(16-20-8-5-15-28-20)17-22(25)23-14-13-19-6-3-2-4-7-19/h5-6,8-12,15H,2-4,7,13-14,16-17H2,1H3,(H,23,25). The third kappa shape index (κ3) is 6.05. The Hall–Kier alpha value is -2.38. The molecule has 0 atom stereocenters. The molecule has 0 aliphatic heterocycles. The van der Waals surface area contributed by atoms with Gasteiger partial charge in [0.05, 0.1) is 24.2 Å². The van der Waals surface area contributed by atoms with Gasteiger partial charge in [0, 0.05) is 6.54 Å². The van der Waals surface area contributed by atoms with Crippen molar-refractivity contribution in [1.29, 1.82) is 0 Å². The predicted molar refractivity (Wildman–Crippen MR) is 112 cm³/mol. The normalized spacial score (nSPS) is 14.6. The van der Waals surface area contributed by atoms with E-state index in [-0.39, 0.29) is 23.9 Å². The van der Waals surface area contributed by atoms with E-state index in [0.29, 0.717) is 12.3 Å². The molecule has 1 aromatic heterocycles. The number of benzene rings is 1. The first-order valence-corrected chi connectivity index (χ1v) is 11.4. The van der Waals surface area contributed by atoms with Crippen LogP contribution >= 0.6 is 0 Å². The highest BCUT2D eigenvalue weighted by Gasteiger charge is 2.27. The van der Waals surface area contributed by atoms with Crippen molar-refractivity contribution in [3.8, 4) is 0 Å². The summed E-state index contributed by atoms with van der Waals surface area (Å²) in [6.07, 6.45) is 9.18. The summed E-state index contributed by atoms with van der Waals surface area (Å²) in [7, 11) is -3.83. The van der Waals surface area contributed by atoms with E-state index in [0.717, 1.165) is 29.1 Å². The second-order valence-electron chi connectivity index (χ2n) is 7.37. The molecule has 1 amide bonds. The minimum Gasteiger partial charge on any atom is -0.468 e. The molecular formula is C22H28N2O4S. The number of amides is 1. The summed E-state index contributed by atoms with van der Waals surface area (Å²) in [5.74, 6) is 0.171. The molecule has 0 bridgehead atoms. The van der Waals surface area contributed by atoms with Gasteiger partial charge in [-0.1, -0.05) is 29.3 Å². The Morgan fingerprint density at radius 3 is 2.62 bits per heavy atom. The van der Waals surface area contributed by atoms with Crippen LogP contribution in [0, 0.1) is 6.92 Å². The molecule has 1 heterocycles. The summed E-state index contributed by atoms with van der Waals surface area (Å²) in [5, 5.41) is 2.86. The van der Waals surface area contributed by atoms with Gasteiger partial charge in [0.2, 0.25) is 15.9 Å². The fourth-order valence-corrected chi connectivity index (χ4v) is 4.73. The molecule has 1 aliphatic rings. The van der Waals surface area contributed by atoms with Crippen molar-refractivity contribution in [3.05, 3.63) is 65.6 Å². The van der Waals surface area contributed by atoms with Crippen LogP contribution in [0.3, 0.4) is 0 Å². The van der Waals surface area contributed by atoms with E-state index in [1.807, 2.05) is 6.92 Å². The summed E-state index contributed by atoms with van der Waals surface area (Å²) in [6, 6.07) is 10.0. The molecule has 1 N–H and O–H groups in total. The molecule has 2 aromatic rings. The van der Waals surface area contributed by atoms with E-state index in [1.165, 1.54) is 24.7 Å². The van der Waals surface area contributed by atoms with E-state index in [4.69, 9.17) is 4.42 Å². The summed E-state index contributed by atoms with van der Waals surface area (Å²) < 4.78 is 32.7. The second kappa shape index (κ2) is 9.89. The Labute approximate surface area is 172 Å². The number of furan rings is 1. The lowest BCUT2D eigenvalue weighted by Crippen LogP contribution is -2.40. The van der Waals surface area contributed by atoms with Gasteiger partial charge in [-0.05, 0) is 63.3 Å². The Bertz CT molecular complexity index is 932. The molecule has 0 radical (unpaired) electrons. The average molecular weight is 417 g/mol. The van der Waals surface area contributed by atoms with E-state index in [1.54, 1.807) is 36.4 Å². The molecule has 0 spiro atoms. The summed E-state index contributed by atoms with van der Waals surface area (Å²) in [6.45, 7) is 2.16. The molecule has 7 heteroatoms. The van der Waals surface area contributed by atoms with Crippen molar-refractivity contribution in [2.45, 2.75) is 50.5 Å². The molecule has 156 valence electrons. The van der Waals surface area contributed by atoms with Gasteiger partial charge in [0.1, 0.15) is 5.76 Å². The fourth-order valence-electron chi connectivity index (χ4n) is 3.37. The number of nitrogens with one attached hydrogen (secondary N) is 1. The van der Waals surface area contributed by atoms with Crippen LogP contribution in [-0.2, 0) is 21.4 Å². The van der Waals surface area contributed by atoms with Gasteiger partial charge in [-0.25, -0.2) is 8.42 Å². The number of nitrogens with zero attached hydrogens (tertiary/aromatic N) is 1. The largest absolute Gasteiger partial charge is 0.468 e. The molecule has 29 heavy (non-hydrogen) atoms. The quantitative estimate of drug-likeness (QED) is 0.631. The van der Waals surface area contributed by atoms with Gasteiger partial charge in [-0.3, -0.25) is 4.79 Å². The molecule has 3 rings (SSSR count). The smallest absolute Gasteiger partial charge is 0.243 e. The van der Waals surface area contributed by atoms with E-state index >= 15 is 0 Å². The van der Waals surface area contributed by atoms with E-state index in [9.17, 15) is 13.2 Å². The predicted octanol–water partition coefficient (Wildman–Crippen LogP) is 3.79. The van der Waals surface area contributed by atoms with Crippen molar-refractivity contribution < 1.29 is 17.6 Å². The van der Waals surface area contributed by atoms with E-state index in [2.05, 4.69) is 11.4 Å². The van der Waals surface area contributed by atoms with Crippen LogP contribution in [0.2, 0.25) is 0 Å². The van der Waals surface area contributed by atoms with Crippen molar-refractivity contribution >= 4 is 15.9 Å². The molecule has 6 nitrogen and oxygen atoms in total. The second-order valence-corrected chi connectivity index (χ2v) is 9.31. The van der Waals surface area contributed by atoms with Gasteiger partial charge < -0.3 is 9.73 Å². The summed E-state index contributed by atoms with van der Waals surface area (Å²) in [5.41, 5.74) is 2.34. The number of allylic oxidation sites excluding steroid dienone is 1. The Kier molecular flexibility index (Phi) is 7.28. The molecule has 0 saturated carbocycles. The highest BCUT2D eigenvalue weighted by atomic mass is 32.2. The molecule has 1 aliphatic carbocycles. The van der Waals surface area contributed by atoms with Crippen LogP contribution < -0.4 is 5.32 Å². The molecular weight excluding hydrogens is 388 g/mol. The van der Waals surface area contributed by atoms with Crippen molar-refractivity contribution in [1.82, 2.24) is 9.62 Å². The van der Waals surface area contributed by atoms with Crippen LogP contribution in [0.1, 0.15) is 43.4 Å². The zero-order chi connectivity index (χ0) is 20.7. The Morgan fingerprint density at radius 1 is 1.17 bits per heavy atom. The monoisotopic (exact) mass is 416 g/mol. The minimum atomic E-state index is -3.83. The number of carbonyl (C=O) groups is 1. The van der Waals surface area contributed by atoms with Crippen molar-refractivity contribution in [2.75, 3.05) is 13.1 Å². The van der Waals surface area contributed by atoms with Gasteiger partial charge in [-0.2, -0.15) is 4.31 Å². The van der Waals surface area contributed by atoms with Gasteiger partial charge in [0.25, 0.3) is 0 Å². The summed E-state index contributed by atoms with van der Waals surface area (Å²) in [4.78, 5) is 12.7. The average Bonchev–Trinajstić information content (AvgIpc) is 3.22. The third-order valence-electron chi connectivity index (χ3n) is 5.04. The van der Waals surface area contributed by atoms with Gasteiger partial charge >= 0.3 is 0 Å². The first-order valence-electron chi connectivity index (χ1n) is 9.99. The van der Waals surface area contributed by atoms with Crippen LogP contribution in [0.4, 0.5) is 0 Å². The molecule has 0 unspecified atom stereocenters.